The van der Waals surface area contributed by atoms with Crippen molar-refractivity contribution < 1.29 is 4.92 Å². The molecule has 120 valence electrons. The molecule has 1 saturated heterocycles. The van der Waals surface area contributed by atoms with E-state index in [1.807, 2.05) is 4.90 Å². The van der Waals surface area contributed by atoms with E-state index in [0.29, 0.717) is 5.02 Å². The van der Waals surface area contributed by atoms with E-state index >= 15 is 0 Å². The van der Waals surface area contributed by atoms with Crippen LogP contribution in [0.3, 0.4) is 0 Å². The average molecular weight is 335 g/mol. The van der Waals surface area contributed by atoms with E-state index < -0.39 is 4.92 Å². The fourth-order valence-electron chi connectivity index (χ4n) is 2.50. The van der Waals surface area contributed by atoms with Gasteiger partial charge in [0.15, 0.2) is 0 Å². The Labute approximate surface area is 137 Å². The van der Waals surface area contributed by atoms with Crippen LogP contribution in [0.4, 0.5) is 29.0 Å². The quantitative estimate of drug-likeness (QED) is 0.653. The summed E-state index contributed by atoms with van der Waals surface area (Å²) in [5, 5.41) is 14.9. The van der Waals surface area contributed by atoms with Crippen molar-refractivity contribution >= 4 is 40.6 Å². The second-order valence-corrected chi connectivity index (χ2v) is 5.62. The molecule has 0 spiro atoms. The predicted molar refractivity (Wildman–Crippen MR) is 89.3 cm³/mol. The molecule has 1 fully saturated rings. The van der Waals surface area contributed by atoms with Gasteiger partial charge in [-0.25, -0.2) is 0 Å². The molecule has 0 radical (unpaired) electrons. The molecule has 1 aliphatic rings. The molecule has 0 saturated carbocycles. The van der Waals surface area contributed by atoms with E-state index in [1.54, 1.807) is 24.3 Å². The first-order valence-corrected chi connectivity index (χ1v) is 7.52. The summed E-state index contributed by atoms with van der Waals surface area (Å²) in [5.74, 6) is 0.331. The molecule has 3 N–H and O–H groups in total. The zero-order valence-corrected chi connectivity index (χ0v) is 13.0. The van der Waals surface area contributed by atoms with Crippen LogP contribution < -0.4 is 16.0 Å². The lowest BCUT2D eigenvalue weighted by molar-refractivity contribution is -0.383. The van der Waals surface area contributed by atoms with Crippen LogP contribution in [0.5, 0.6) is 0 Å². The Balaban J connectivity index is 1.98. The molecule has 3 rings (SSSR count). The molecular weight excluding hydrogens is 320 g/mol. The Morgan fingerprint density at radius 1 is 1.22 bits per heavy atom. The molecule has 0 unspecified atom stereocenters. The number of nitrogens with one attached hydrogen (secondary N) is 1. The number of hydrogen-bond donors (Lipinski definition) is 2. The van der Waals surface area contributed by atoms with Crippen LogP contribution in [0, 0.1) is 10.1 Å². The van der Waals surface area contributed by atoms with Crippen molar-refractivity contribution in [3.63, 3.8) is 0 Å². The van der Waals surface area contributed by atoms with Crippen molar-refractivity contribution in [2.75, 3.05) is 29.0 Å². The first-order valence-electron chi connectivity index (χ1n) is 7.14. The van der Waals surface area contributed by atoms with E-state index in [2.05, 4.69) is 15.3 Å². The minimum Gasteiger partial charge on any atom is -0.378 e. The molecule has 1 aromatic heterocycles. The van der Waals surface area contributed by atoms with Crippen molar-refractivity contribution in [3.05, 3.63) is 39.4 Å². The Hall–Kier alpha value is -2.61. The van der Waals surface area contributed by atoms with Gasteiger partial charge in [0.1, 0.15) is 0 Å². The summed E-state index contributed by atoms with van der Waals surface area (Å²) in [4.78, 5) is 20.9. The summed E-state index contributed by atoms with van der Waals surface area (Å²) >= 11 is 5.85. The standard InChI is InChI=1S/C14H15ClN6O2/c15-9-3-5-10(6-4-9)17-14-18-12(16)11(21(22)23)13(19-14)20-7-1-2-8-20/h3-6H,1-2,7-8H2,(H3,16,17,18,19). The molecule has 23 heavy (non-hydrogen) atoms. The minimum absolute atomic E-state index is 0.150. The molecule has 0 atom stereocenters. The number of nitrogens with two attached hydrogens (primary N) is 1. The van der Waals surface area contributed by atoms with E-state index in [1.165, 1.54) is 0 Å². The highest BCUT2D eigenvalue weighted by molar-refractivity contribution is 6.30. The lowest BCUT2D eigenvalue weighted by Crippen LogP contribution is -2.22. The summed E-state index contributed by atoms with van der Waals surface area (Å²) in [7, 11) is 0. The number of nitrogens with zero attached hydrogens (tertiary/aromatic N) is 4. The second kappa shape index (κ2) is 6.25. The first kappa shape index (κ1) is 15.3. The Morgan fingerprint density at radius 2 is 1.87 bits per heavy atom. The SMILES string of the molecule is Nc1nc(Nc2ccc(Cl)cc2)nc(N2CCCC2)c1[N+](=O)[O-]. The third-order valence-corrected chi connectivity index (χ3v) is 3.83. The first-order chi connectivity index (χ1) is 11.0. The Morgan fingerprint density at radius 3 is 2.48 bits per heavy atom. The topological polar surface area (TPSA) is 110 Å². The summed E-state index contributed by atoms with van der Waals surface area (Å²) in [6.45, 7) is 1.44. The number of aromatic nitrogens is 2. The fraction of sp³-hybridized carbons (Fsp3) is 0.286. The van der Waals surface area contributed by atoms with Crippen molar-refractivity contribution in [2.45, 2.75) is 12.8 Å². The molecule has 8 nitrogen and oxygen atoms in total. The number of anilines is 4. The van der Waals surface area contributed by atoms with Gasteiger partial charge < -0.3 is 16.0 Å². The summed E-state index contributed by atoms with van der Waals surface area (Å²) in [6.07, 6.45) is 1.95. The van der Waals surface area contributed by atoms with Crippen molar-refractivity contribution in [1.29, 1.82) is 0 Å². The zero-order chi connectivity index (χ0) is 16.4. The lowest BCUT2D eigenvalue weighted by atomic mass is 10.3. The van der Waals surface area contributed by atoms with Crippen LogP contribution in [-0.4, -0.2) is 28.0 Å². The monoisotopic (exact) mass is 334 g/mol. The van der Waals surface area contributed by atoms with Gasteiger partial charge in [-0.2, -0.15) is 9.97 Å². The van der Waals surface area contributed by atoms with E-state index in [-0.39, 0.29) is 23.3 Å². The molecule has 1 aliphatic heterocycles. The maximum atomic E-state index is 11.3. The minimum atomic E-state index is -0.533. The van der Waals surface area contributed by atoms with Crippen LogP contribution in [0.1, 0.15) is 12.8 Å². The summed E-state index contributed by atoms with van der Waals surface area (Å²) in [5.41, 5.74) is 6.26. The van der Waals surface area contributed by atoms with Gasteiger partial charge in [-0.05, 0) is 37.1 Å². The van der Waals surface area contributed by atoms with Crippen LogP contribution in [0.2, 0.25) is 5.02 Å². The number of halogens is 1. The molecular formula is C14H15ClN6O2. The van der Waals surface area contributed by atoms with Crippen LogP contribution in [-0.2, 0) is 0 Å². The zero-order valence-electron chi connectivity index (χ0n) is 12.2. The molecule has 0 bridgehead atoms. The van der Waals surface area contributed by atoms with Gasteiger partial charge in [0.25, 0.3) is 0 Å². The predicted octanol–water partition coefficient (Wildman–Crippen LogP) is 2.96. The fourth-order valence-corrected chi connectivity index (χ4v) is 2.63. The van der Waals surface area contributed by atoms with E-state index in [9.17, 15) is 10.1 Å². The molecule has 0 aliphatic carbocycles. The number of nitrogen functional groups attached to an aromatic ring is 1. The van der Waals surface area contributed by atoms with Crippen LogP contribution in [0.25, 0.3) is 0 Å². The van der Waals surface area contributed by atoms with E-state index in [0.717, 1.165) is 31.6 Å². The maximum Gasteiger partial charge on any atom is 0.353 e. The van der Waals surface area contributed by atoms with Gasteiger partial charge in [-0.1, -0.05) is 11.6 Å². The second-order valence-electron chi connectivity index (χ2n) is 5.19. The Bertz CT molecular complexity index is 731. The van der Waals surface area contributed by atoms with Gasteiger partial charge in [0, 0.05) is 23.8 Å². The molecule has 2 aromatic rings. The number of rotatable bonds is 4. The van der Waals surface area contributed by atoms with Gasteiger partial charge in [0.2, 0.25) is 17.6 Å². The third kappa shape index (κ3) is 3.26. The van der Waals surface area contributed by atoms with Crippen LogP contribution in [0.15, 0.2) is 24.3 Å². The smallest absolute Gasteiger partial charge is 0.353 e. The normalized spacial score (nSPS) is 14.0. The van der Waals surface area contributed by atoms with Gasteiger partial charge in [0.05, 0.1) is 4.92 Å². The van der Waals surface area contributed by atoms with Gasteiger partial charge in [-0.15, -0.1) is 0 Å². The van der Waals surface area contributed by atoms with Crippen molar-refractivity contribution in [2.24, 2.45) is 0 Å². The number of hydrogen-bond acceptors (Lipinski definition) is 7. The summed E-state index contributed by atoms with van der Waals surface area (Å²) in [6, 6.07) is 6.97. The highest BCUT2D eigenvalue weighted by atomic mass is 35.5. The number of nitro groups is 1. The maximum absolute atomic E-state index is 11.3. The molecule has 2 heterocycles. The lowest BCUT2D eigenvalue weighted by Gasteiger charge is -2.17. The number of benzene rings is 1. The average Bonchev–Trinajstić information content (AvgIpc) is 3.03. The largest absolute Gasteiger partial charge is 0.378 e. The van der Waals surface area contributed by atoms with Crippen molar-refractivity contribution in [3.8, 4) is 0 Å². The highest BCUT2D eigenvalue weighted by Gasteiger charge is 2.28. The van der Waals surface area contributed by atoms with E-state index in [4.69, 9.17) is 17.3 Å². The molecule has 1 aromatic carbocycles. The molecule has 9 heteroatoms. The summed E-state index contributed by atoms with van der Waals surface area (Å²) < 4.78 is 0. The van der Waals surface area contributed by atoms with Gasteiger partial charge in [-0.3, -0.25) is 10.1 Å². The van der Waals surface area contributed by atoms with Gasteiger partial charge >= 0.3 is 5.69 Å². The van der Waals surface area contributed by atoms with Crippen LogP contribution >= 0.6 is 11.6 Å². The molecule has 0 amide bonds. The Kier molecular flexibility index (Phi) is 4.16. The third-order valence-electron chi connectivity index (χ3n) is 3.58. The van der Waals surface area contributed by atoms with Crippen molar-refractivity contribution in [1.82, 2.24) is 9.97 Å². The highest BCUT2D eigenvalue weighted by Crippen LogP contribution is 2.34.